The summed E-state index contributed by atoms with van der Waals surface area (Å²) in [6, 6.07) is 8.02. The molecule has 1 N–H and O–H groups in total. The molecule has 0 amide bonds. The molecule has 0 saturated heterocycles. The number of aromatic carboxylic acids is 1. The third kappa shape index (κ3) is 2.28. The molecule has 0 aliphatic rings. The standard InChI is InChI=1S/C12H12N2O3/c1-8-3-5-9(6-4-8)14(2)12-13-10(7-17-12)11(15)16/h3-7H,1-2H3,(H,15,16). The Morgan fingerprint density at radius 1 is 1.35 bits per heavy atom. The van der Waals surface area contributed by atoms with Crippen molar-refractivity contribution in [2.24, 2.45) is 0 Å². The second kappa shape index (κ2) is 4.29. The number of carbonyl (C=O) groups is 1. The van der Waals surface area contributed by atoms with Crippen LogP contribution in [0.5, 0.6) is 0 Å². The Kier molecular flexibility index (Phi) is 2.82. The summed E-state index contributed by atoms with van der Waals surface area (Å²) in [4.78, 5) is 16.2. The number of hydrogen-bond acceptors (Lipinski definition) is 4. The van der Waals surface area contributed by atoms with Gasteiger partial charge in [-0.3, -0.25) is 4.90 Å². The van der Waals surface area contributed by atoms with Crippen molar-refractivity contribution >= 4 is 17.7 Å². The van der Waals surface area contributed by atoms with Crippen molar-refractivity contribution in [2.75, 3.05) is 11.9 Å². The van der Waals surface area contributed by atoms with E-state index in [-0.39, 0.29) is 11.7 Å². The fraction of sp³-hybridized carbons (Fsp3) is 0.167. The van der Waals surface area contributed by atoms with Gasteiger partial charge in [-0.05, 0) is 19.1 Å². The van der Waals surface area contributed by atoms with Crippen LogP contribution in [0.4, 0.5) is 11.7 Å². The largest absolute Gasteiger partial charge is 0.476 e. The lowest BCUT2D eigenvalue weighted by molar-refractivity contribution is 0.0690. The van der Waals surface area contributed by atoms with E-state index in [9.17, 15) is 4.79 Å². The van der Waals surface area contributed by atoms with Gasteiger partial charge >= 0.3 is 12.0 Å². The summed E-state index contributed by atoms with van der Waals surface area (Å²) >= 11 is 0. The van der Waals surface area contributed by atoms with Gasteiger partial charge in [0.15, 0.2) is 5.69 Å². The first kappa shape index (κ1) is 11.2. The normalized spacial score (nSPS) is 10.2. The maximum absolute atomic E-state index is 10.7. The molecule has 2 rings (SSSR count). The summed E-state index contributed by atoms with van der Waals surface area (Å²) in [5.41, 5.74) is 1.94. The van der Waals surface area contributed by atoms with Crippen LogP contribution in [0.2, 0.25) is 0 Å². The molecule has 0 unspecified atom stereocenters. The molecule has 1 heterocycles. The van der Waals surface area contributed by atoms with E-state index in [1.165, 1.54) is 0 Å². The molecular weight excluding hydrogens is 220 g/mol. The highest BCUT2D eigenvalue weighted by atomic mass is 16.4. The molecule has 5 nitrogen and oxygen atoms in total. The summed E-state index contributed by atoms with van der Waals surface area (Å²) in [6.07, 6.45) is 1.13. The predicted molar refractivity (Wildman–Crippen MR) is 62.7 cm³/mol. The van der Waals surface area contributed by atoms with E-state index in [0.717, 1.165) is 17.5 Å². The second-order valence-corrected chi connectivity index (χ2v) is 3.72. The van der Waals surface area contributed by atoms with Crippen molar-refractivity contribution in [1.82, 2.24) is 4.98 Å². The van der Waals surface area contributed by atoms with Gasteiger partial charge in [0.25, 0.3) is 0 Å². The van der Waals surface area contributed by atoms with Crippen LogP contribution in [0.15, 0.2) is 34.9 Å². The quantitative estimate of drug-likeness (QED) is 0.880. The summed E-state index contributed by atoms with van der Waals surface area (Å²) in [7, 11) is 1.77. The van der Waals surface area contributed by atoms with Crippen molar-refractivity contribution in [3.63, 3.8) is 0 Å². The number of benzene rings is 1. The number of carboxylic acid groups (broad SMARTS) is 1. The average Bonchev–Trinajstić information content (AvgIpc) is 2.78. The number of nitrogens with zero attached hydrogens (tertiary/aromatic N) is 2. The van der Waals surface area contributed by atoms with Gasteiger partial charge in [-0.15, -0.1) is 0 Å². The average molecular weight is 232 g/mol. The predicted octanol–water partition coefficient (Wildman–Crippen LogP) is 2.45. The highest BCUT2D eigenvalue weighted by molar-refractivity contribution is 5.85. The Bertz CT molecular complexity index is 531. The van der Waals surface area contributed by atoms with Crippen LogP contribution in [0.25, 0.3) is 0 Å². The molecule has 1 aromatic carbocycles. The number of anilines is 2. The highest BCUT2D eigenvalue weighted by Crippen LogP contribution is 2.22. The molecule has 5 heteroatoms. The van der Waals surface area contributed by atoms with Crippen molar-refractivity contribution in [2.45, 2.75) is 6.92 Å². The van der Waals surface area contributed by atoms with Crippen molar-refractivity contribution in [3.8, 4) is 0 Å². The van der Waals surface area contributed by atoms with Gasteiger partial charge in [0.05, 0.1) is 0 Å². The van der Waals surface area contributed by atoms with Gasteiger partial charge in [-0.2, -0.15) is 4.98 Å². The lowest BCUT2D eigenvalue weighted by Crippen LogP contribution is -2.10. The Balaban J connectivity index is 2.27. The van der Waals surface area contributed by atoms with E-state index >= 15 is 0 Å². The van der Waals surface area contributed by atoms with Crippen molar-refractivity contribution in [1.29, 1.82) is 0 Å². The van der Waals surface area contributed by atoms with Crippen molar-refractivity contribution in [3.05, 3.63) is 41.8 Å². The molecule has 1 aromatic heterocycles. The SMILES string of the molecule is Cc1ccc(N(C)c2nc(C(=O)O)co2)cc1. The van der Waals surface area contributed by atoms with E-state index in [1.807, 2.05) is 31.2 Å². The number of hydrogen-bond donors (Lipinski definition) is 1. The van der Waals surface area contributed by atoms with Crippen LogP contribution in [-0.2, 0) is 0 Å². The molecule has 17 heavy (non-hydrogen) atoms. The van der Waals surface area contributed by atoms with E-state index in [2.05, 4.69) is 4.98 Å². The van der Waals surface area contributed by atoms with Crippen LogP contribution in [-0.4, -0.2) is 23.1 Å². The molecule has 0 spiro atoms. The Labute approximate surface area is 98.3 Å². The van der Waals surface area contributed by atoms with E-state index in [0.29, 0.717) is 0 Å². The first-order valence-corrected chi connectivity index (χ1v) is 5.07. The minimum absolute atomic E-state index is 0.0982. The molecule has 0 fully saturated rings. The third-order valence-electron chi connectivity index (χ3n) is 2.42. The second-order valence-electron chi connectivity index (χ2n) is 3.72. The highest BCUT2D eigenvalue weighted by Gasteiger charge is 2.14. The fourth-order valence-electron chi connectivity index (χ4n) is 1.40. The smallest absolute Gasteiger partial charge is 0.357 e. The van der Waals surface area contributed by atoms with Crippen LogP contribution in [0.1, 0.15) is 16.1 Å². The number of rotatable bonds is 3. The first-order valence-electron chi connectivity index (χ1n) is 5.07. The lowest BCUT2D eigenvalue weighted by Gasteiger charge is -2.14. The zero-order valence-electron chi connectivity index (χ0n) is 9.54. The summed E-state index contributed by atoms with van der Waals surface area (Å²) in [6.45, 7) is 2.00. The van der Waals surface area contributed by atoms with Gasteiger partial charge in [-0.1, -0.05) is 17.7 Å². The molecule has 2 aromatic rings. The fourth-order valence-corrected chi connectivity index (χ4v) is 1.40. The summed E-state index contributed by atoms with van der Waals surface area (Å²) in [5, 5.41) is 8.75. The minimum Gasteiger partial charge on any atom is -0.476 e. The summed E-state index contributed by atoms with van der Waals surface area (Å²) < 4.78 is 5.11. The van der Waals surface area contributed by atoms with E-state index < -0.39 is 5.97 Å². The molecule has 88 valence electrons. The molecular formula is C12H12N2O3. The Morgan fingerprint density at radius 3 is 2.53 bits per heavy atom. The van der Waals surface area contributed by atoms with E-state index in [1.54, 1.807) is 11.9 Å². The van der Waals surface area contributed by atoms with E-state index in [4.69, 9.17) is 9.52 Å². The van der Waals surface area contributed by atoms with Gasteiger partial charge in [-0.25, -0.2) is 4.79 Å². The van der Waals surface area contributed by atoms with Crippen molar-refractivity contribution < 1.29 is 14.3 Å². The molecule has 0 aliphatic heterocycles. The number of oxazole rings is 1. The molecule has 0 atom stereocenters. The minimum atomic E-state index is -1.10. The zero-order valence-corrected chi connectivity index (χ0v) is 9.54. The molecule has 0 radical (unpaired) electrons. The number of aromatic nitrogens is 1. The van der Waals surface area contributed by atoms with Gasteiger partial charge in [0.1, 0.15) is 6.26 Å². The molecule has 0 aliphatic carbocycles. The first-order chi connectivity index (χ1) is 8.08. The Morgan fingerprint density at radius 2 is 2.00 bits per heavy atom. The Hall–Kier alpha value is -2.30. The summed E-state index contributed by atoms with van der Waals surface area (Å²) in [5.74, 6) is -1.10. The molecule has 0 saturated carbocycles. The van der Waals surface area contributed by atoms with Gasteiger partial charge < -0.3 is 9.52 Å². The number of aryl methyl sites for hydroxylation is 1. The maximum Gasteiger partial charge on any atom is 0.357 e. The molecule has 0 bridgehead atoms. The number of carboxylic acids is 1. The van der Waals surface area contributed by atoms with Crippen LogP contribution in [0.3, 0.4) is 0 Å². The zero-order chi connectivity index (χ0) is 12.4. The third-order valence-corrected chi connectivity index (χ3v) is 2.42. The van der Waals surface area contributed by atoms with Crippen LogP contribution >= 0.6 is 0 Å². The lowest BCUT2D eigenvalue weighted by atomic mass is 10.2. The monoisotopic (exact) mass is 232 g/mol. The van der Waals surface area contributed by atoms with Gasteiger partial charge in [0, 0.05) is 12.7 Å². The van der Waals surface area contributed by atoms with Crippen LogP contribution < -0.4 is 4.90 Å². The van der Waals surface area contributed by atoms with Gasteiger partial charge in [0.2, 0.25) is 0 Å². The topological polar surface area (TPSA) is 66.6 Å². The maximum atomic E-state index is 10.7. The van der Waals surface area contributed by atoms with Crippen LogP contribution in [0, 0.1) is 6.92 Å².